The van der Waals surface area contributed by atoms with Crippen molar-refractivity contribution in [3.05, 3.63) is 0 Å². The van der Waals surface area contributed by atoms with Crippen LogP contribution >= 0.6 is 0 Å². The molecule has 0 aromatic heterocycles. The van der Waals surface area contributed by atoms with E-state index in [1.54, 1.807) is 0 Å². The number of hydrogen-bond acceptors (Lipinski definition) is 3. The van der Waals surface area contributed by atoms with Crippen LogP contribution in [0.4, 0.5) is 0 Å². The molecule has 4 nitrogen and oxygen atoms in total. The predicted octanol–water partition coefficient (Wildman–Crippen LogP) is 1.05. The molecule has 0 spiro atoms. The van der Waals surface area contributed by atoms with Crippen molar-refractivity contribution in [2.45, 2.75) is 58.7 Å². The van der Waals surface area contributed by atoms with E-state index in [0.29, 0.717) is 6.54 Å². The highest BCUT2D eigenvalue weighted by molar-refractivity contribution is 5.87. The molecule has 0 atom stereocenters. The van der Waals surface area contributed by atoms with Crippen LogP contribution in [-0.2, 0) is 4.79 Å². The highest BCUT2D eigenvalue weighted by atomic mass is 16.2. The van der Waals surface area contributed by atoms with Gasteiger partial charge in [-0.25, -0.2) is 0 Å². The second kappa shape index (κ2) is 4.58. The molecule has 100 valence electrons. The van der Waals surface area contributed by atoms with Crippen molar-refractivity contribution in [2.24, 2.45) is 5.73 Å². The van der Waals surface area contributed by atoms with Crippen LogP contribution < -0.4 is 5.73 Å². The molecule has 1 aliphatic rings. The maximum absolute atomic E-state index is 12.5. The molecule has 0 radical (unpaired) electrons. The van der Waals surface area contributed by atoms with Crippen LogP contribution in [0.25, 0.3) is 0 Å². The van der Waals surface area contributed by atoms with Gasteiger partial charge < -0.3 is 10.6 Å². The smallest absolute Gasteiger partial charge is 0.242 e. The zero-order valence-electron chi connectivity index (χ0n) is 12.1. The van der Waals surface area contributed by atoms with Crippen LogP contribution in [0.15, 0.2) is 0 Å². The van der Waals surface area contributed by atoms with Crippen molar-refractivity contribution in [1.82, 2.24) is 9.80 Å². The standard InChI is InChI=1S/C13H27N3O/c1-10(2)15-9-12(3,4)16(8-7-14)13(5,6)11(15)17/h10H,7-9,14H2,1-6H3. The number of nitrogens with two attached hydrogens (primary N) is 1. The Hall–Kier alpha value is -0.610. The Morgan fingerprint density at radius 3 is 2.24 bits per heavy atom. The van der Waals surface area contributed by atoms with Gasteiger partial charge in [0.2, 0.25) is 5.91 Å². The first-order chi connectivity index (χ1) is 7.64. The van der Waals surface area contributed by atoms with Crippen molar-refractivity contribution in [3.8, 4) is 0 Å². The molecule has 0 aromatic rings. The van der Waals surface area contributed by atoms with Gasteiger partial charge in [-0.2, -0.15) is 0 Å². The molecular formula is C13H27N3O. The molecule has 17 heavy (non-hydrogen) atoms. The SMILES string of the molecule is CC(C)N1CC(C)(C)N(CCN)C(C)(C)C1=O. The third-order valence-corrected chi connectivity index (χ3v) is 3.72. The molecule has 0 bridgehead atoms. The van der Waals surface area contributed by atoms with Crippen molar-refractivity contribution in [3.63, 3.8) is 0 Å². The Balaban J connectivity index is 3.09. The summed E-state index contributed by atoms with van der Waals surface area (Å²) in [6, 6.07) is 0.251. The maximum atomic E-state index is 12.5. The van der Waals surface area contributed by atoms with Gasteiger partial charge in [0.1, 0.15) is 0 Å². The van der Waals surface area contributed by atoms with E-state index in [9.17, 15) is 4.79 Å². The molecule has 1 amide bonds. The van der Waals surface area contributed by atoms with E-state index in [1.165, 1.54) is 0 Å². The zero-order valence-corrected chi connectivity index (χ0v) is 12.1. The van der Waals surface area contributed by atoms with Crippen LogP contribution in [0, 0.1) is 0 Å². The van der Waals surface area contributed by atoms with Crippen LogP contribution in [-0.4, -0.2) is 52.5 Å². The summed E-state index contributed by atoms with van der Waals surface area (Å²) < 4.78 is 0. The summed E-state index contributed by atoms with van der Waals surface area (Å²) in [6.07, 6.45) is 0. The van der Waals surface area contributed by atoms with Gasteiger partial charge in [-0.05, 0) is 41.5 Å². The fraction of sp³-hybridized carbons (Fsp3) is 0.923. The third-order valence-electron chi connectivity index (χ3n) is 3.72. The largest absolute Gasteiger partial charge is 0.337 e. The fourth-order valence-corrected chi connectivity index (χ4v) is 2.93. The van der Waals surface area contributed by atoms with Gasteiger partial charge in [0.05, 0.1) is 5.54 Å². The van der Waals surface area contributed by atoms with E-state index < -0.39 is 5.54 Å². The molecule has 1 rings (SSSR count). The lowest BCUT2D eigenvalue weighted by Crippen LogP contribution is -2.72. The van der Waals surface area contributed by atoms with Gasteiger partial charge in [-0.15, -0.1) is 0 Å². The molecule has 1 aliphatic heterocycles. The lowest BCUT2D eigenvalue weighted by Gasteiger charge is -2.56. The molecule has 2 N–H and O–H groups in total. The Labute approximate surface area is 105 Å². The summed E-state index contributed by atoms with van der Waals surface area (Å²) in [7, 11) is 0. The lowest BCUT2D eigenvalue weighted by atomic mass is 9.86. The molecule has 1 fully saturated rings. The highest BCUT2D eigenvalue weighted by Crippen LogP contribution is 2.33. The highest BCUT2D eigenvalue weighted by Gasteiger charge is 2.50. The van der Waals surface area contributed by atoms with Crippen LogP contribution in [0.3, 0.4) is 0 Å². The second-order valence-electron chi connectivity index (χ2n) is 6.34. The van der Waals surface area contributed by atoms with Gasteiger partial charge >= 0.3 is 0 Å². The minimum absolute atomic E-state index is 0.0267. The molecule has 0 unspecified atom stereocenters. The number of rotatable bonds is 3. The van der Waals surface area contributed by atoms with Crippen molar-refractivity contribution in [2.75, 3.05) is 19.6 Å². The van der Waals surface area contributed by atoms with E-state index in [1.807, 2.05) is 18.7 Å². The lowest BCUT2D eigenvalue weighted by molar-refractivity contribution is -0.162. The monoisotopic (exact) mass is 241 g/mol. The molecule has 0 aromatic carbocycles. The number of nitrogens with zero attached hydrogens (tertiary/aromatic N) is 2. The average Bonchev–Trinajstić information content (AvgIpc) is 2.19. The summed E-state index contributed by atoms with van der Waals surface area (Å²) in [5.41, 5.74) is 5.18. The van der Waals surface area contributed by atoms with Gasteiger partial charge in [0.15, 0.2) is 0 Å². The summed E-state index contributed by atoms with van der Waals surface area (Å²) in [5, 5.41) is 0. The number of carbonyl (C=O) groups excluding carboxylic acids is 1. The van der Waals surface area contributed by atoms with Crippen LogP contribution in [0.2, 0.25) is 0 Å². The summed E-state index contributed by atoms with van der Waals surface area (Å²) >= 11 is 0. The molecule has 0 saturated carbocycles. The number of piperazine rings is 1. The van der Waals surface area contributed by atoms with Crippen molar-refractivity contribution in [1.29, 1.82) is 0 Å². The van der Waals surface area contributed by atoms with E-state index in [2.05, 4.69) is 32.6 Å². The number of carbonyl (C=O) groups is 1. The van der Waals surface area contributed by atoms with Gasteiger partial charge in [0.25, 0.3) is 0 Å². The Bertz CT molecular complexity index is 297. The van der Waals surface area contributed by atoms with E-state index in [-0.39, 0.29) is 17.5 Å². The quantitative estimate of drug-likeness (QED) is 0.803. The molecular weight excluding hydrogens is 214 g/mol. The molecule has 0 aliphatic carbocycles. The van der Waals surface area contributed by atoms with E-state index >= 15 is 0 Å². The molecule has 1 saturated heterocycles. The van der Waals surface area contributed by atoms with Crippen LogP contribution in [0.5, 0.6) is 0 Å². The van der Waals surface area contributed by atoms with Crippen molar-refractivity contribution < 1.29 is 4.79 Å². The fourth-order valence-electron chi connectivity index (χ4n) is 2.93. The third kappa shape index (κ3) is 2.47. The van der Waals surface area contributed by atoms with Crippen molar-refractivity contribution >= 4 is 5.91 Å². The first-order valence-electron chi connectivity index (χ1n) is 6.43. The van der Waals surface area contributed by atoms with Gasteiger partial charge in [0, 0.05) is 31.2 Å². The Morgan fingerprint density at radius 1 is 1.29 bits per heavy atom. The van der Waals surface area contributed by atoms with Crippen LogP contribution in [0.1, 0.15) is 41.5 Å². The Morgan fingerprint density at radius 2 is 1.82 bits per heavy atom. The summed E-state index contributed by atoms with van der Waals surface area (Å²) in [4.78, 5) is 16.7. The minimum Gasteiger partial charge on any atom is -0.337 e. The first kappa shape index (κ1) is 14.5. The summed E-state index contributed by atoms with van der Waals surface area (Å²) in [5.74, 6) is 0.209. The van der Waals surface area contributed by atoms with E-state index in [0.717, 1.165) is 13.1 Å². The minimum atomic E-state index is -0.467. The summed E-state index contributed by atoms with van der Waals surface area (Å²) in [6.45, 7) is 14.6. The first-order valence-corrected chi connectivity index (χ1v) is 6.43. The predicted molar refractivity (Wildman–Crippen MR) is 70.8 cm³/mol. The van der Waals surface area contributed by atoms with Gasteiger partial charge in [-0.3, -0.25) is 9.69 Å². The van der Waals surface area contributed by atoms with Gasteiger partial charge in [-0.1, -0.05) is 0 Å². The molecule has 4 heteroatoms. The number of amides is 1. The maximum Gasteiger partial charge on any atom is 0.242 e. The Kier molecular flexibility index (Phi) is 3.89. The average molecular weight is 241 g/mol. The zero-order chi connectivity index (χ0) is 13.4. The normalized spacial score (nSPS) is 24.5. The molecule has 1 heterocycles. The van der Waals surface area contributed by atoms with E-state index in [4.69, 9.17) is 5.73 Å². The second-order valence-corrected chi connectivity index (χ2v) is 6.34. The number of hydrogen-bond donors (Lipinski definition) is 1. The topological polar surface area (TPSA) is 49.6 Å².